The van der Waals surface area contributed by atoms with Crippen molar-refractivity contribution in [3.63, 3.8) is 0 Å². The first-order valence-corrected chi connectivity index (χ1v) is 6.26. The predicted octanol–water partition coefficient (Wildman–Crippen LogP) is 0.977. The van der Waals surface area contributed by atoms with Crippen molar-refractivity contribution in [2.45, 2.75) is 38.3 Å². The molecule has 100 valence electrons. The number of methoxy groups -OCH3 is 1. The first-order valence-electron chi connectivity index (χ1n) is 6.26. The second-order valence-electron chi connectivity index (χ2n) is 4.34. The van der Waals surface area contributed by atoms with Gasteiger partial charge in [0.05, 0.1) is 6.61 Å². The van der Waals surface area contributed by atoms with E-state index in [2.05, 4.69) is 4.90 Å². The monoisotopic (exact) mass is 245 g/mol. The predicted molar refractivity (Wildman–Crippen MR) is 64.1 cm³/mol. The first-order chi connectivity index (χ1) is 8.20. The molecule has 1 fully saturated rings. The van der Waals surface area contributed by atoms with Gasteiger partial charge in [0.2, 0.25) is 0 Å². The Bertz CT molecular complexity index is 229. The molecule has 1 aliphatic rings. The summed E-state index contributed by atoms with van der Waals surface area (Å²) in [5.74, 6) is -0.741. The fraction of sp³-hybridized carbons (Fsp3) is 0.917. The van der Waals surface area contributed by atoms with Gasteiger partial charge in [-0.1, -0.05) is 6.92 Å². The lowest BCUT2D eigenvalue weighted by Gasteiger charge is -2.37. The number of hydrogen-bond donors (Lipinski definition) is 1. The van der Waals surface area contributed by atoms with Crippen molar-refractivity contribution < 1.29 is 19.4 Å². The Morgan fingerprint density at radius 1 is 1.53 bits per heavy atom. The van der Waals surface area contributed by atoms with Crippen LogP contribution >= 0.6 is 0 Å². The molecule has 5 nitrogen and oxygen atoms in total. The second-order valence-corrected chi connectivity index (χ2v) is 4.34. The molecule has 0 aliphatic carbocycles. The van der Waals surface area contributed by atoms with Gasteiger partial charge in [0.1, 0.15) is 6.04 Å². The summed E-state index contributed by atoms with van der Waals surface area (Å²) in [6, 6.07) is -0.104. The number of carbonyl (C=O) groups is 1. The molecule has 0 saturated carbocycles. The fourth-order valence-corrected chi connectivity index (χ4v) is 2.36. The smallest absolute Gasteiger partial charge is 0.320 e. The van der Waals surface area contributed by atoms with Gasteiger partial charge in [-0.05, 0) is 19.3 Å². The number of hydrogen-bond acceptors (Lipinski definition) is 4. The zero-order valence-electron chi connectivity index (χ0n) is 10.7. The quantitative estimate of drug-likeness (QED) is 0.724. The minimum absolute atomic E-state index is 0.306. The van der Waals surface area contributed by atoms with Gasteiger partial charge < -0.3 is 14.6 Å². The van der Waals surface area contributed by atoms with Gasteiger partial charge in [-0.15, -0.1) is 0 Å². The molecule has 1 saturated heterocycles. The third-order valence-electron chi connectivity index (χ3n) is 3.29. The lowest BCUT2D eigenvalue weighted by molar-refractivity contribution is -0.145. The van der Waals surface area contributed by atoms with Gasteiger partial charge in [-0.25, -0.2) is 0 Å². The maximum Gasteiger partial charge on any atom is 0.320 e. The summed E-state index contributed by atoms with van der Waals surface area (Å²) >= 11 is 0. The van der Waals surface area contributed by atoms with Crippen molar-refractivity contribution in [2.75, 3.05) is 33.5 Å². The Morgan fingerprint density at radius 3 is 2.65 bits per heavy atom. The molecule has 1 aliphatic heterocycles. The molecular formula is C12H23NO4. The SMILES string of the molecule is CC[C@@H](C(=O)O)N(CCOC)C1CCOCC1. The van der Waals surface area contributed by atoms with E-state index in [1.165, 1.54) is 0 Å². The van der Waals surface area contributed by atoms with E-state index < -0.39 is 12.0 Å². The van der Waals surface area contributed by atoms with Crippen LogP contribution < -0.4 is 0 Å². The molecule has 0 aromatic rings. The summed E-state index contributed by atoms with van der Waals surface area (Å²) in [4.78, 5) is 13.3. The van der Waals surface area contributed by atoms with Gasteiger partial charge >= 0.3 is 5.97 Å². The molecule has 0 unspecified atom stereocenters. The van der Waals surface area contributed by atoms with Gasteiger partial charge in [0.15, 0.2) is 0 Å². The maximum absolute atomic E-state index is 11.3. The minimum atomic E-state index is -0.741. The highest BCUT2D eigenvalue weighted by molar-refractivity contribution is 5.73. The van der Waals surface area contributed by atoms with E-state index in [4.69, 9.17) is 9.47 Å². The van der Waals surface area contributed by atoms with E-state index in [9.17, 15) is 9.90 Å². The topological polar surface area (TPSA) is 59.0 Å². The van der Waals surface area contributed by atoms with E-state index in [1.807, 2.05) is 6.92 Å². The number of nitrogens with zero attached hydrogens (tertiary/aromatic N) is 1. The fourth-order valence-electron chi connectivity index (χ4n) is 2.36. The number of aliphatic carboxylic acids is 1. The molecule has 0 spiro atoms. The van der Waals surface area contributed by atoms with Crippen molar-refractivity contribution in [2.24, 2.45) is 0 Å². The third kappa shape index (κ3) is 4.26. The van der Waals surface area contributed by atoms with E-state index in [-0.39, 0.29) is 0 Å². The molecule has 0 amide bonds. The van der Waals surface area contributed by atoms with Crippen molar-refractivity contribution in [3.8, 4) is 0 Å². The molecule has 0 bridgehead atoms. The molecule has 5 heteroatoms. The van der Waals surface area contributed by atoms with Crippen LogP contribution in [-0.2, 0) is 14.3 Å². The van der Waals surface area contributed by atoms with Crippen LogP contribution in [0.1, 0.15) is 26.2 Å². The molecule has 0 aromatic carbocycles. The molecule has 0 aromatic heterocycles. The highest BCUT2D eigenvalue weighted by Crippen LogP contribution is 2.18. The molecule has 17 heavy (non-hydrogen) atoms. The first kappa shape index (κ1) is 14.4. The van der Waals surface area contributed by atoms with E-state index in [0.29, 0.717) is 25.6 Å². The van der Waals surface area contributed by atoms with E-state index >= 15 is 0 Å². The largest absolute Gasteiger partial charge is 0.480 e. The normalized spacial score (nSPS) is 19.5. The van der Waals surface area contributed by atoms with E-state index in [1.54, 1.807) is 7.11 Å². The van der Waals surface area contributed by atoms with Crippen molar-refractivity contribution in [1.29, 1.82) is 0 Å². The van der Waals surface area contributed by atoms with Gasteiger partial charge in [0, 0.05) is 32.9 Å². The molecule has 1 heterocycles. The van der Waals surface area contributed by atoms with Gasteiger partial charge in [-0.3, -0.25) is 9.69 Å². The summed E-state index contributed by atoms with van der Waals surface area (Å²) in [5.41, 5.74) is 0. The number of carboxylic acids is 1. The maximum atomic E-state index is 11.3. The zero-order chi connectivity index (χ0) is 12.7. The number of rotatable bonds is 7. The summed E-state index contributed by atoms with van der Waals surface area (Å²) in [6.45, 7) is 4.61. The molecule has 1 atom stereocenters. The second kappa shape index (κ2) is 7.63. The molecule has 0 radical (unpaired) electrons. The highest BCUT2D eigenvalue weighted by Gasteiger charge is 2.30. The Balaban J connectivity index is 2.65. The van der Waals surface area contributed by atoms with E-state index in [0.717, 1.165) is 26.1 Å². The van der Waals surface area contributed by atoms with Crippen LogP contribution in [0.15, 0.2) is 0 Å². The average molecular weight is 245 g/mol. The lowest BCUT2D eigenvalue weighted by atomic mass is 10.0. The Morgan fingerprint density at radius 2 is 2.18 bits per heavy atom. The number of carboxylic acid groups (broad SMARTS) is 1. The molecular weight excluding hydrogens is 222 g/mol. The van der Waals surface area contributed by atoms with Crippen molar-refractivity contribution >= 4 is 5.97 Å². The van der Waals surface area contributed by atoms with Crippen molar-refractivity contribution in [3.05, 3.63) is 0 Å². The summed E-state index contributed by atoms with van der Waals surface area (Å²) in [6.07, 6.45) is 2.44. The standard InChI is InChI=1S/C12H23NO4/c1-3-11(12(14)15)13(6-9-16-2)10-4-7-17-8-5-10/h10-11H,3-9H2,1-2H3,(H,14,15)/t11-/m0/s1. The highest BCUT2D eigenvalue weighted by atomic mass is 16.5. The third-order valence-corrected chi connectivity index (χ3v) is 3.29. The summed E-state index contributed by atoms with van der Waals surface area (Å²) in [5, 5.41) is 9.26. The van der Waals surface area contributed by atoms with Crippen LogP contribution in [0.25, 0.3) is 0 Å². The Kier molecular flexibility index (Phi) is 6.47. The van der Waals surface area contributed by atoms with Crippen LogP contribution in [0, 0.1) is 0 Å². The average Bonchev–Trinajstić information content (AvgIpc) is 2.35. The Labute approximate surface area is 103 Å². The van der Waals surface area contributed by atoms with Crippen LogP contribution in [0.2, 0.25) is 0 Å². The zero-order valence-corrected chi connectivity index (χ0v) is 10.7. The van der Waals surface area contributed by atoms with Gasteiger partial charge in [-0.2, -0.15) is 0 Å². The van der Waals surface area contributed by atoms with Gasteiger partial charge in [0.25, 0.3) is 0 Å². The van der Waals surface area contributed by atoms with Crippen LogP contribution in [-0.4, -0.2) is 61.5 Å². The number of ether oxygens (including phenoxy) is 2. The lowest BCUT2D eigenvalue weighted by Crippen LogP contribution is -2.50. The van der Waals surface area contributed by atoms with Crippen LogP contribution in [0.4, 0.5) is 0 Å². The molecule has 1 N–H and O–H groups in total. The Hall–Kier alpha value is -0.650. The van der Waals surface area contributed by atoms with Crippen LogP contribution in [0.3, 0.4) is 0 Å². The van der Waals surface area contributed by atoms with Crippen LogP contribution in [0.5, 0.6) is 0 Å². The molecule has 1 rings (SSSR count). The summed E-state index contributed by atoms with van der Waals surface area (Å²) in [7, 11) is 1.64. The van der Waals surface area contributed by atoms with Crippen molar-refractivity contribution in [1.82, 2.24) is 4.90 Å². The minimum Gasteiger partial charge on any atom is -0.480 e. The summed E-state index contributed by atoms with van der Waals surface area (Å²) < 4.78 is 10.4.